The van der Waals surface area contributed by atoms with Gasteiger partial charge in [-0.05, 0) is 42.0 Å². The highest BCUT2D eigenvalue weighted by molar-refractivity contribution is 7.98. The Morgan fingerprint density at radius 2 is 1.78 bits per heavy atom. The van der Waals surface area contributed by atoms with Crippen molar-refractivity contribution in [2.75, 3.05) is 0 Å². The van der Waals surface area contributed by atoms with E-state index in [2.05, 4.69) is 21.0 Å². The van der Waals surface area contributed by atoms with Crippen LogP contribution in [0, 0.1) is 0 Å². The lowest BCUT2D eigenvalue weighted by atomic mass is 10.1. The number of aryl methyl sites for hydroxylation is 1. The average molecular weight is 468 g/mol. The number of nitrogens with zero attached hydrogens (tertiary/aromatic N) is 3. The van der Waals surface area contributed by atoms with Crippen LogP contribution in [0.1, 0.15) is 26.5 Å². The molecule has 2 aromatic heterocycles. The quantitative estimate of drug-likeness (QED) is 0.327. The zero-order chi connectivity index (χ0) is 22.5. The molecule has 0 spiro atoms. The summed E-state index contributed by atoms with van der Waals surface area (Å²) in [7, 11) is 1.88. The molecule has 4 rings (SSSR count). The number of hydrogen-bond acceptors (Lipinski definition) is 6. The van der Waals surface area contributed by atoms with Gasteiger partial charge in [0.05, 0.1) is 5.02 Å². The van der Waals surface area contributed by atoms with E-state index in [0.29, 0.717) is 27.7 Å². The Hall–Kier alpha value is -3.56. The highest BCUT2D eigenvalue weighted by Crippen LogP contribution is 2.29. The molecule has 32 heavy (non-hydrogen) atoms. The Morgan fingerprint density at radius 3 is 2.50 bits per heavy atom. The first kappa shape index (κ1) is 21.7. The van der Waals surface area contributed by atoms with Crippen LogP contribution in [-0.2, 0) is 12.8 Å². The maximum absolute atomic E-state index is 12.4. The van der Waals surface area contributed by atoms with Gasteiger partial charge in [0, 0.05) is 23.9 Å². The van der Waals surface area contributed by atoms with Gasteiger partial charge in [0.25, 0.3) is 5.91 Å². The predicted octanol–water partition coefficient (Wildman–Crippen LogP) is 4.10. The number of aromatic nitrogens is 3. The molecule has 0 atom stereocenters. The number of hydrazine groups is 1. The van der Waals surface area contributed by atoms with Crippen LogP contribution in [-0.4, -0.2) is 26.6 Å². The minimum absolute atomic E-state index is 0.0522. The van der Waals surface area contributed by atoms with Crippen LogP contribution in [0.15, 0.2) is 76.6 Å². The van der Waals surface area contributed by atoms with Crippen LogP contribution in [0.2, 0.25) is 5.02 Å². The number of furan rings is 1. The van der Waals surface area contributed by atoms with E-state index in [-0.39, 0.29) is 5.76 Å². The number of amides is 2. The summed E-state index contributed by atoms with van der Waals surface area (Å²) in [6, 6.07) is 17.4. The number of nitrogens with one attached hydrogen (secondary N) is 2. The molecule has 2 aromatic carbocycles. The minimum atomic E-state index is -0.576. The van der Waals surface area contributed by atoms with Gasteiger partial charge in [-0.3, -0.25) is 20.4 Å². The molecule has 0 unspecified atom stereocenters. The second kappa shape index (κ2) is 9.71. The summed E-state index contributed by atoms with van der Waals surface area (Å²) in [5.74, 6) is 0.188. The lowest BCUT2D eigenvalue weighted by molar-refractivity contribution is 0.0831. The van der Waals surface area contributed by atoms with Crippen LogP contribution >= 0.6 is 23.4 Å². The number of rotatable bonds is 6. The second-order valence-corrected chi connectivity index (χ2v) is 8.11. The van der Waals surface area contributed by atoms with Gasteiger partial charge in [0.1, 0.15) is 12.1 Å². The molecule has 0 fully saturated rings. The SMILES string of the molecule is Cn1cnnc1SCc1ccc(C(=O)NNC(=O)c2ccc(-c3ccccc3Cl)o2)cc1. The van der Waals surface area contributed by atoms with E-state index < -0.39 is 11.8 Å². The molecule has 162 valence electrons. The molecule has 2 amide bonds. The fraction of sp³-hybridized carbons (Fsp3) is 0.0909. The third-order valence-corrected chi connectivity index (χ3v) is 5.95. The van der Waals surface area contributed by atoms with E-state index in [0.717, 1.165) is 10.7 Å². The van der Waals surface area contributed by atoms with E-state index >= 15 is 0 Å². The van der Waals surface area contributed by atoms with Crippen LogP contribution in [0.3, 0.4) is 0 Å². The van der Waals surface area contributed by atoms with Gasteiger partial charge in [-0.25, -0.2) is 0 Å². The standard InChI is InChI=1S/C22H18ClN5O3S/c1-28-13-24-27-22(28)32-12-14-6-8-15(9-7-14)20(29)25-26-21(30)19-11-10-18(31-19)16-4-2-3-5-17(16)23/h2-11,13H,12H2,1H3,(H,25,29)(H,26,30). The Morgan fingerprint density at radius 1 is 1.03 bits per heavy atom. The number of carbonyl (C=O) groups is 2. The Labute approximate surface area is 193 Å². The highest BCUT2D eigenvalue weighted by Gasteiger charge is 2.15. The minimum Gasteiger partial charge on any atom is -0.451 e. The average Bonchev–Trinajstić information content (AvgIpc) is 3.46. The highest BCUT2D eigenvalue weighted by atomic mass is 35.5. The summed E-state index contributed by atoms with van der Waals surface area (Å²) in [4.78, 5) is 24.7. The van der Waals surface area contributed by atoms with E-state index in [1.54, 1.807) is 54.5 Å². The zero-order valence-corrected chi connectivity index (χ0v) is 18.5. The number of halogens is 1. The molecule has 0 aliphatic rings. The van der Waals surface area contributed by atoms with Gasteiger partial charge in [-0.1, -0.05) is 47.6 Å². The van der Waals surface area contributed by atoms with Crippen molar-refractivity contribution >= 4 is 35.2 Å². The van der Waals surface area contributed by atoms with E-state index in [1.807, 2.05) is 29.8 Å². The van der Waals surface area contributed by atoms with Gasteiger partial charge < -0.3 is 8.98 Å². The molecule has 0 bridgehead atoms. The van der Waals surface area contributed by atoms with Crippen molar-refractivity contribution in [1.82, 2.24) is 25.6 Å². The number of hydrogen-bond donors (Lipinski definition) is 2. The first-order chi connectivity index (χ1) is 15.5. The van der Waals surface area contributed by atoms with Crippen molar-refractivity contribution in [2.45, 2.75) is 10.9 Å². The molecule has 0 radical (unpaired) electrons. The van der Waals surface area contributed by atoms with Gasteiger partial charge in [0.15, 0.2) is 10.9 Å². The smallest absolute Gasteiger partial charge is 0.305 e. The molecule has 8 nitrogen and oxygen atoms in total. The summed E-state index contributed by atoms with van der Waals surface area (Å²) >= 11 is 7.70. The van der Waals surface area contributed by atoms with Crippen LogP contribution in [0.4, 0.5) is 0 Å². The first-order valence-electron chi connectivity index (χ1n) is 9.52. The molecule has 2 N–H and O–H groups in total. The summed E-state index contributed by atoms with van der Waals surface area (Å²) in [5, 5.41) is 9.19. The molecule has 0 aliphatic carbocycles. The van der Waals surface area contributed by atoms with Crippen LogP contribution < -0.4 is 10.9 Å². The topological polar surface area (TPSA) is 102 Å². The molecule has 0 aliphatic heterocycles. The fourth-order valence-electron chi connectivity index (χ4n) is 2.82. The van der Waals surface area contributed by atoms with Gasteiger partial charge in [0.2, 0.25) is 0 Å². The largest absolute Gasteiger partial charge is 0.451 e. The van der Waals surface area contributed by atoms with E-state index in [4.69, 9.17) is 16.0 Å². The first-order valence-corrected chi connectivity index (χ1v) is 10.9. The third-order valence-electron chi connectivity index (χ3n) is 4.51. The van der Waals surface area contributed by atoms with Crippen LogP contribution in [0.5, 0.6) is 0 Å². The number of benzene rings is 2. The molecular formula is C22H18ClN5O3S. The summed E-state index contributed by atoms with van der Waals surface area (Å²) in [6.07, 6.45) is 1.64. The van der Waals surface area contributed by atoms with Gasteiger partial charge in [-0.2, -0.15) is 0 Å². The van der Waals surface area contributed by atoms with Crippen LogP contribution in [0.25, 0.3) is 11.3 Å². The number of thioether (sulfide) groups is 1. The maximum atomic E-state index is 12.4. The molecule has 0 saturated carbocycles. The fourth-order valence-corrected chi connectivity index (χ4v) is 3.89. The van der Waals surface area contributed by atoms with Crippen molar-refractivity contribution in [3.63, 3.8) is 0 Å². The van der Waals surface area contributed by atoms with Crippen molar-refractivity contribution in [2.24, 2.45) is 7.05 Å². The van der Waals surface area contributed by atoms with E-state index in [9.17, 15) is 9.59 Å². The summed E-state index contributed by atoms with van der Waals surface area (Å²) in [5.41, 5.74) is 6.86. The third kappa shape index (κ3) is 5.01. The Bertz CT molecular complexity index is 1250. The van der Waals surface area contributed by atoms with Crippen molar-refractivity contribution in [3.8, 4) is 11.3 Å². The molecule has 0 saturated heterocycles. The lowest BCUT2D eigenvalue weighted by Gasteiger charge is -2.07. The Balaban J connectivity index is 1.31. The molecular weight excluding hydrogens is 450 g/mol. The Kier molecular flexibility index (Phi) is 6.58. The van der Waals surface area contributed by atoms with Crippen molar-refractivity contribution in [1.29, 1.82) is 0 Å². The summed E-state index contributed by atoms with van der Waals surface area (Å²) < 4.78 is 7.41. The predicted molar refractivity (Wildman–Crippen MR) is 121 cm³/mol. The van der Waals surface area contributed by atoms with Gasteiger partial charge >= 0.3 is 5.91 Å². The van der Waals surface area contributed by atoms with E-state index in [1.165, 1.54) is 6.07 Å². The van der Waals surface area contributed by atoms with Gasteiger partial charge in [-0.15, -0.1) is 10.2 Å². The van der Waals surface area contributed by atoms with Crippen molar-refractivity contribution < 1.29 is 14.0 Å². The number of carbonyl (C=O) groups excluding carboxylic acids is 2. The van der Waals surface area contributed by atoms with Crippen molar-refractivity contribution in [3.05, 3.63) is 88.9 Å². The zero-order valence-electron chi connectivity index (χ0n) is 16.9. The molecule has 4 aromatic rings. The summed E-state index contributed by atoms with van der Waals surface area (Å²) in [6.45, 7) is 0. The molecule has 10 heteroatoms. The molecule has 2 heterocycles. The maximum Gasteiger partial charge on any atom is 0.305 e. The second-order valence-electron chi connectivity index (χ2n) is 6.76. The monoisotopic (exact) mass is 467 g/mol. The lowest BCUT2D eigenvalue weighted by Crippen LogP contribution is -2.41. The normalized spacial score (nSPS) is 10.7.